The molecule has 0 aliphatic heterocycles. The molecule has 0 saturated heterocycles. The molecule has 2 rings (SSSR count). The van der Waals surface area contributed by atoms with Crippen molar-refractivity contribution in [3.8, 4) is 5.82 Å². The van der Waals surface area contributed by atoms with Crippen LogP contribution in [0.1, 0.15) is 24.5 Å². The molecule has 90 valence electrons. The van der Waals surface area contributed by atoms with Crippen LogP contribution in [0.15, 0.2) is 30.7 Å². The fourth-order valence-corrected chi connectivity index (χ4v) is 1.82. The zero-order valence-corrected chi connectivity index (χ0v) is 10.3. The number of rotatable bonds is 4. The third-order valence-corrected chi connectivity index (χ3v) is 2.85. The summed E-state index contributed by atoms with van der Waals surface area (Å²) in [6.45, 7) is 4.15. The van der Waals surface area contributed by atoms with E-state index in [9.17, 15) is 0 Å². The number of aryl methyl sites for hydroxylation is 1. The molecule has 0 amide bonds. The molecule has 0 saturated carbocycles. The standard InChI is InChI=1S/C13H18N4/c1-3-12(14)8-11-7-10(2)13(15-9-11)17-6-4-5-16-17/h4-7,9,12H,3,8,14H2,1-2H3. The molecule has 1 atom stereocenters. The van der Waals surface area contributed by atoms with E-state index >= 15 is 0 Å². The molecular weight excluding hydrogens is 212 g/mol. The molecule has 4 nitrogen and oxygen atoms in total. The lowest BCUT2D eigenvalue weighted by Crippen LogP contribution is -2.21. The van der Waals surface area contributed by atoms with E-state index < -0.39 is 0 Å². The van der Waals surface area contributed by atoms with Crippen LogP contribution in [0.3, 0.4) is 0 Å². The molecule has 17 heavy (non-hydrogen) atoms. The predicted octanol–water partition coefficient (Wildman–Crippen LogP) is 1.86. The van der Waals surface area contributed by atoms with Crippen molar-refractivity contribution in [3.05, 3.63) is 41.9 Å². The molecule has 2 aromatic heterocycles. The number of hydrogen-bond acceptors (Lipinski definition) is 3. The summed E-state index contributed by atoms with van der Waals surface area (Å²) in [7, 11) is 0. The SMILES string of the molecule is CCC(N)Cc1cnc(-n2cccn2)c(C)c1. The fraction of sp³-hybridized carbons (Fsp3) is 0.385. The van der Waals surface area contributed by atoms with Gasteiger partial charge in [-0.05, 0) is 37.0 Å². The van der Waals surface area contributed by atoms with Crippen LogP contribution in [0, 0.1) is 6.92 Å². The van der Waals surface area contributed by atoms with Crippen molar-refractivity contribution in [2.75, 3.05) is 0 Å². The normalized spacial score (nSPS) is 12.6. The van der Waals surface area contributed by atoms with Gasteiger partial charge in [0.05, 0.1) is 0 Å². The number of nitrogens with zero attached hydrogens (tertiary/aromatic N) is 3. The third kappa shape index (κ3) is 2.71. The highest BCUT2D eigenvalue weighted by Crippen LogP contribution is 2.13. The second-order valence-corrected chi connectivity index (χ2v) is 4.31. The van der Waals surface area contributed by atoms with Crippen molar-refractivity contribution in [2.24, 2.45) is 5.73 Å². The van der Waals surface area contributed by atoms with Gasteiger partial charge in [0.15, 0.2) is 5.82 Å². The lowest BCUT2D eigenvalue weighted by molar-refractivity contribution is 0.644. The second kappa shape index (κ2) is 5.10. The van der Waals surface area contributed by atoms with E-state index in [2.05, 4.69) is 23.1 Å². The van der Waals surface area contributed by atoms with Gasteiger partial charge >= 0.3 is 0 Å². The molecule has 0 aliphatic rings. The van der Waals surface area contributed by atoms with Gasteiger partial charge < -0.3 is 5.73 Å². The summed E-state index contributed by atoms with van der Waals surface area (Å²) in [5, 5.41) is 4.18. The Bertz CT molecular complexity index is 476. The van der Waals surface area contributed by atoms with E-state index in [0.717, 1.165) is 24.2 Å². The molecule has 1 unspecified atom stereocenters. The van der Waals surface area contributed by atoms with E-state index in [1.165, 1.54) is 5.56 Å². The van der Waals surface area contributed by atoms with Crippen LogP contribution in [0.5, 0.6) is 0 Å². The fourth-order valence-electron chi connectivity index (χ4n) is 1.82. The molecule has 2 N–H and O–H groups in total. The number of aromatic nitrogens is 3. The number of pyridine rings is 1. The summed E-state index contributed by atoms with van der Waals surface area (Å²) in [6.07, 6.45) is 7.40. The summed E-state index contributed by atoms with van der Waals surface area (Å²) in [5.74, 6) is 0.879. The largest absolute Gasteiger partial charge is 0.327 e. The van der Waals surface area contributed by atoms with Gasteiger partial charge in [-0.3, -0.25) is 0 Å². The average molecular weight is 230 g/mol. The lowest BCUT2D eigenvalue weighted by Gasteiger charge is -2.11. The first-order valence-corrected chi connectivity index (χ1v) is 5.91. The van der Waals surface area contributed by atoms with E-state index in [4.69, 9.17) is 5.73 Å². The van der Waals surface area contributed by atoms with Crippen molar-refractivity contribution >= 4 is 0 Å². The molecule has 0 radical (unpaired) electrons. The Kier molecular flexibility index (Phi) is 3.54. The summed E-state index contributed by atoms with van der Waals surface area (Å²) in [4.78, 5) is 4.45. The molecule has 0 aliphatic carbocycles. The van der Waals surface area contributed by atoms with Gasteiger partial charge in [0.1, 0.15) is 0 Å². The van der Waals surface area contributed by atoms with Crippen LogP contribution in [0.25, 0.3) is 5.82 Å². The van der Waals surface area contributed by atoms with Crippen LogP contribution >= 0.6 is 0 Å². The zero-order valence-electron chi connectivity index (χ0n) is 10.3. The first-order valence-electron chi connectivity index (χ1n) is 5.91. The van der Waals surface area contributed by atoms with Crippen LogP contribution in [-0.2, 0) is 6.42 Å². The second-order valence-electron chi connectivity index (χ2n) is 4.31. The Labute approximate surface area is 101 Å². The van der Waals surface area contributed by atoms with Crippen LogP contribution in [0.2, 0.25) is 0 Å². The quantitative estimate of drug-likeness (QED) is 0.872. The van der Waals surface area contributed by atoms with Crippen molar-refractivity contribution in [1.82, 2.24) is 14.8 Å². The Morgan fingerprint density at radius 3 is 2.88 bits per heavy atom. The summed E-state index contributed by atoms with van der Waals surface area (Å²) < 4.78 is 1.78. The maximum atomic E-state index is 5.94. The van der Waals surface area contributed by atoms with Gasteiger partial charge in [-0.2, -0.15) is 5.10 Å². The lowest BCUT2D eigenvalue weighted by atomic mass is 10.1. The summed E-state index contributed by atoms with van der Waals surface area (Å²) in [6, 6.07) is 4.24. The Balaban J connectivity index is 2.23. The Hall–Kier alpha value is -1.68. The minimum atomic E-state index is 0.215. The van der Waals surface area contributed by atoms with Gasteiger partial charge in [0.2, 0.25) is 0 Å². The monoisotopic (exact) mass is 230 g/mol. The van der Waals surface area contributed by atoms with E-state index in [-0.39, 0.29) is 6.04 Å². The van der Waals surface area contributed by atoms with E-state index in [1.807, 2.05) is 25.4 Å². The van der Waals surface area contributed by atoms with Crippen molar-refractivity contribution in [3.63, 3.8) is 0 Å². The van der Waals surface area contributed by atoms with Gasteiger partial charge in [-0.1, -0.05) is 13.0 Å². The van der Waals surface area contributed by atoms with E-state index in [1.54, 1.807) is 10.9 Å². The van der Waals surface area contributed by atoms with Crippen molar-refractivity contribution < 1.29 is 0 Å². The highest BCUT2D eigenvalue weighted by Gasteiger charge is 2.06. The van der Waals surface area contributed by atoms with E-state index in [0.29, 0.717) is 0 Å². The Morgan fingerprint density at radius 2 is 2.29 bits per heavy atom. The van der Waals surface area contributed by atoms with Gasteiger partial charge in [-0.15, -0.1) is 0 Å². The van der Waals surface area contributed by atoms with Crippen LogP contribution < -0.4 is 5.73 Å². The molecule has 0 bridgehead atoms. The smallest absolute Gasteiger partial charge is 0.156 e. The number of nitrogens with two attached hydrogens (primary N) is 1. The highest BCUT2D eigenvalue weighted by molar-refractivity contribution is 5.34. The van der Waals surface area contributed by atoms with Crippen molar-refractivity contribution in [1.29, 1.82) is 0 Å². The molecular formula is C13H18N4. The average Bonchev–Trinajstić information content (AvgIpc) is 2.82. The molecule has 0 spiro atoms. The first kappa shape index (κ1) is 11.8. The number of hydrogen-bond donors (Lipinski definition) is 1. The van der Waals surface area contributed by atoms with Crippen molar-refractivity contribution in [2.45, 2.75) is 32.7 Å². The van der Waals surface area contributed by atoms with Gasteiger partial charge in [0, 0.05) is 24.6 Å². The topological polar surface area (TPSA) is 56.7 Å². The zero-order chi connectivity index (χ0) is 12.3. The Morgan fingerprint density at radius 1 is 1.47 bits per heavy atom. The molecule has 0 aromatic carbocycles. The highest BCUT2D eigenvalue weighted by atomic mass is 15.3. The molecule has 0 fully saturated rings. The molecule has 4 heteroatoms. The first-order chi connectivity index (χ1) is 8.20. The van der Waals surface area contributed by atoms with Gasteiger partial charge in [-0.25, -0.2) is 9.67 Å². The predicted molar refractivity (Wildman–Crippen MR) is 68.1 cm³/mol. The van der Waals surface area contributed by atoms with Crippen LogP contribution in [-0.4, -0.2) is 20.8 Å². The minimum Gasteiger partial charge on any atom is -0.327 e. The maximum absolute atomic E-state index is 5.94. The summed E-state index contributed by atoms with van der Waals surface area (Å²) in [5.41, 5.74) is 8.25. The molecule has 2 heterocycles. The summed E-state index contributed by atoms with van der Waals surface area (Å²) >= 11 is 0. The third-order valence-electron chi connectivity index (χ3n) is 2.85. The minimum absolute atomic E-state index is 0.215. The van der Waals surface area contributed by atoms with Crippen LogP contribution in [0.4, 0.5) is 0 Å². The maximum Gasteiger partial charge on any atom is 0.156 e. The van der Waals surface area contributed by atoms with Gasteiger partial charge in [0.25, 0.3) is 0 Å². The molecule has 2 aromatic rings.